The molecule has 2 heterocycles. The maximum atomic E-state index is 12.2. The van der Waals surface area contributed by atoms with Crippen LogP contribution < -0.4 is 0 Å². The summed E-state index contributed by atoms with van der Waals surface area (Å²) in [5.41, 5.74) is 2.42. The van der Waals surface area contributed by atoms with E-state index in [0.29, 0.717) is 18.1 Å². The van der Waals surface area contributed by atoms with Crippen molar-refractivity contribution in [2.75, 3.05) is 0 Å². The van der Waals surface area contributed by atoms with E-state index in [2.05, 4.69) is 25.6 Å². The van der Waals surface area contributed by atoms with Gasteiger partial charge in [0.2, 0.25) is 0 Å². The summed E-state index contributed by atoms with van der Waals surface area (Å²) in [5, 5.41) is 34.9. The van der Waals surface area contributed by atoms with Crippen LogP contribution >= 0.6 is 0 Å². The second-order valence-electron chi connectivity index (χ2n) is 8.42. The van der Waals surface area contributed by atoms with Gasteiger partial charge in [0.05, 0.1) is 0 Å². The first-order valence-electron chi connectivity index (χ1n) is 10.8. The molecule has 0 aliphatic carbocycles. The Labute approximate surface area is 191 Å². The van der Waals surface area contributed by atoms with Crippen molar-refractivity contribution in [1.29, 1.82) is 0 Å². The number of rotatable bonds is 8. The highest BCUT2D eigenvalue weighted by Gasteiger charge is 2.31. The van der Waals surface area contributed by atoms with Gasteiger partial charge in [0.25, 0.3) is 0 Å². The van der Waals surface area contributed by atoms with Crippen LogP contribution in [0.2, 0.25) is 0 Å². The van der Waals surface area contributed by atoms with Gasteiger partial charge in [-0.1, -0.05) is 49.4 Å². The third-order valence-electron chi connectivity index (χ3n) is 5.41. The average molecular weight is 447 g/mol. The first-order chi connectivity index (χ1) is 15.8. The number of tetrazole rings is 1. The zero-order valence-corrected chi connectivity index (χ0v) is 18.8. The lowest BCUT2D eigenvalue weighted by Gasteiger charge is -2.16. The van der Waals surface area contributed by atoms with Crippen molar-refractivity contribution >= 4 is 5.97 Å². The highest BCUT2D eigenvalue weighted by molar-refractivity contribution is 5.87. The first-order valence-corrected chi connectivity index (χ1v) is 10.8. The van der Waals surface area contributed by atoms with Crippen LogP contribution in [0.15, 0.2) is 48.5 Å². The van der Waals surface area contributed by atoms with Gasteiger partial charge in [0.15, 0.2) is 11.5 Å². The fourth-order valence-electron chi connectivity index (χ4n) is 3.94. The van der Waals surface area contributed by atoms with Gasteiger partial charge in [0, 0.05) is 18.5 Å². The summed E-state index contributed by atoms with van der Waals surface area (Å²) in [6, 6.07) is 15.8. The van der Waals surface area contributed by atoms with Crippen molar-refractivity contribution in [2.45, 2.75) is 45.8 Å². The number of carboxylic acid groups (broad SMARTS) is 1. The number of aryl methyl sites for hydroxylation is 1. The number of hydrogen-bond acceptors (Lipinski definition) is 6. The van der Waals surface area contributed by atoms with Gasteiger partial charge in [-0.2, -0.15) is 0 Å². The first kappa shape index (κ1) is 22.3. The smallest absolute Gasteiger partial charge is 0.354 e. The summed E-state index contributed by atoms with van der Waals surface area (Å²) < 4.78 is 1.68. The number of imidazole rings is 1. The zero-order chi connectivity index (χ0) is 23.6. The van der Waals surface area contributed by atoms with Crippen LogP contribution in [0.4, 0.5) is 0 Å². The number of nitrogens with zero attached hydrogens (tertiary/aromatic N) is 5. The van der Waals surface area contributed by atoms with E-state index in [4.69, 9.17) is 0 Å². The Balaban J connectivity index is 1.84. The Morgan fingerprint density at radius 3 is 2.48 bits per heavy atom. The fourth-order valence-corrected chi connectivity index (χ4v) is 3.94. The summed E-state index contributed by atoms with van der Waals surface area (Å²) >= 11 is 0. The molecular formula is C24H26N6O3. The van der Waals surface area contributed by atoms with Gasteiger partial charge < -0.3 is 14.8 Å². The van der Waals surface area contributed by atoms with E-state index in [1.807, 2.05) is 55.5 Å². The maximum Gasteiger partial charge on any atom is 0.354 e. The lowest BCUT2D eigenvalue weighted by atomic mass is 9.97. The Morgan fingerprint density at radius 2 is 1.88 bits per heavy atom. The number of nitrogens with one attached hydrogen (secondary N) is 1. The number of H-pyrrole nitrogens is 1. The summed E-state index contributed by atoms with van der Waals surface area (Å²) in [6.45, 7) is 5.38. The Hall–Kier alpha value is -3.85. The Kier molecular flexibility index (Phi) is 6.06. The Bertz CT molecular complexity index is 1260. The van der Waals surface area contributed by atoms with E-state index in [1.165, 1.54) is 0 Å². The molecule has 0 aliphatic heterocycles. The number of benzene rings is 2. The quantitative estimate of drug-likeness (QED) is 0.377. The highest BCUT2D eigenvalue weighted by Crippen LogP contribution is 2.32. The molecule has 2 aromatic carbocycles. The van der Waals surface area contributed by atoms with Crippen molar-refractivity contribution in [1.82, 2.24) is 30.2 Å². The lowest BCUT2D eigenvalue weighted by molar-refractivity contribution is 0.0602. The fraction of sp³-hybridized carbons (Fsp3) is 0.292. The number of aromatic nitrogens is 6. The number of carboxylic acids is 1. The molecule has 0 saturated heterocycles. The highest BCUT2D eigenvalue weighted by atomic mass is 16.4. The molecule has 170 valence electrons. The molecule has 0 saturated carbocycles. The predicted octanol–water partition coefficient (Wildman–Crippen LogP) is 3.66. The van der Waals surface area contributed by atoms with E-state index in [0.717, 1.165) is 28.7 Å². The van der Waals surface area contributed by atoms with Crippen molar-refractivity contribution < 1.29 is 15.0 Å². The van der Waals surface area contributed by atoms with Crippen LogP contribution in [-0.4, -0.2) is 46.4 Å². The van der Waals surface area contributed by atoms with E-state index >= 15 is 0 Å². The van der Waals surface area contributed by atoms with Crippen LogP contribution in [0.3, 0.4) is 0 Å². The number of aromatic carboxylic acids is 1. The van der Waals surface area contributed by atoms with E-state index in [-0.39, 0.29) is 17.9 Å². The van der Waals surface area contributed by atoms with Gasteiger partial charge in [-0.05, 0) is 53.5 Å². The third-order valence-corrected chi connectivity index (χ3v) is 5.41. The van der Waals surface area contributed by atoms with Crippen molar-refractivity contribution in [2.24, 2.45) is 0 Å². The molecule has 0 bridgehead atoms. The second kappa shape index (κ2) is 8.95. The largest absolute Gasteiger partial charge is 0.477 e. The minimum atomic E-state index is -1.38. The predicted molar refractivity (Wildman–Crippen MR) is 123 cm³/mol. The molecule has 4 rings (SSSR count). The van der Waals surface area contributed by atoms with Gasteiger partial charge >= 0.3 is 5.97 Å². The van der Waals surface area contributed by atoms with Crippen LogP contribution in [0.5, 0.6) is 0 Å². The molecule has 0 aliphatic rings. The molecule has 9 heteroatoms. The molecule has 0 unspecified atom stereocenters. The molecule has 9 nitrogen and oxygen atoms in total. The average Bonchev–Trinajstić information content (AvgIpc) is 3.43. The van der Waals surface area contributed by atoms with Gasteiger partial charge in [-0.3, -0.25) is 0 Å². The summed E-state index contributed by atoms with van der Waals surface area (Å²) in [5.74, 6) is 0.0235. The minimum absolute atomic E-state index is 0.000896. The molecule has 2 aromatic heterocycles. The van der Waals surface area contributed by atoms with Crippen molar-refractivity contribution in [3.05, 3.63) is 71.3 Å². The standard InChI is InChI=1S/C24H26N6O3/c1-4-8-19-25-21(24(2,3)33)20(23(31)32)30(19)14-15-11-12-17(16-9-6-5-7-10-16)18(13-15)22-26-28-29-27-22/h5-7,9-13,33H,4,8,14H2,1-3H3,(H,31,32)(H,26,27,28,29). The number of carbonyl (C=O) groups is 1. The van der Waals surface area contributed by atoms with Crippen LogP contribution in [0.1, 0.15) is 54.8 Å². The van der Waals surface area contributed by atoms with E-state index in [1.54, 1.807) is 18.4 Å². The third kappa shape index (κ3) is 4.54. The molecule has 0 atom stereocenters. The zero-order valence-electron chi connectivity index (χ0n) is 18.8. The summed E-state index contributed by atoms with van der Waals surface area (Å²) in [4.78, 5) is 16.7. The normalized spacial score (nSPS) is 11.6. The molecule has 4 aromatic rings. The molecular weight excluding hydrogens is 420 g/mol. The molecule has 0 radical (unpaired) electrons. The monoisotopic (exact) mass is 446 g/mol. The lowest BCUT2D eigenvalue weighted by Crippen LogP contribution is -2.22. The summed E-state index contributed by atoms with van der Waals surface area (Å²) in [7, 11) is 0. The maximum absolute atomic E-state index is 12.2. The van der Waals surface area contributed by atoms with Gasteiger partial charge in [-0.25, -0.2) is 14.9 Å². The number of aliphatic hydroxyl groups is 1. The van der Waals surface area contributed by atoms with Gasteiger partial charge in [-0.15, -0.1) is 5.10 Å². The number of aromatic amines is 1. The van der Waals surface area contributed by atoms with E-state index in [9.17, 15) is 15.0 Å². The molecule has 0 fully saturated rings. The molecule has 0 amide bonds. The van der Waals surface area contributed by atoms with Gasteiger partial charge in [0.1, 0.15) is 17.1 Å². The Morgan fingerprint density at radius 1 is 1.12 bits per heavy atom. The molecule has 33 heavy (non-hydrogen) atoms. The molecule has 0 spiro atoms. The van der Waals surface area contributed by atoms with Crippen LogP contribution in [-0.2, 0) is 18.6 Å². The second-order valence-corrected chi connectivity index (χ2v) is 8.42. The van der Waals surface area contributed by atoms with E-state index < -0.39 is 11.6 Å². The molecule has 3 N–H and O–H groups in total. The minimum Gasteiger partial charge on any atom is -0.477 e. The van der Waals surface area contributed by atoms with Crippen LogP contribution in [0.25, 0.3) is 22.5 Å². The van der Waals surface area contributed by atoms with Crippen LogP contribution in [0, 0.1) is 0 Å². The van der Waals surface area contributed by atoms with Crippen molar-refractivity contribution in [3.8, 4) is 22.5 Å². The topological polar surface area (TPSA) is 130 Å². The van der Waals surface area contributed by atoms with Crippen molar-refractivity contribution in [3.63, 3.8) is 0 Å². The SMILES string of the molecule is CCCc1nc(C(C)(C)O)c(C(=O)O)n1Cc1ccc(-c2ccccc2)c(-c2nnn[nH]2)c1. The number of hydrogen-bond donors (Lipinski definition) is 3. The summed E-state index contributed by atoms with van der Waals surface area (Å²) in [6.07, 6.45) is 1.39.